The molecule has 2 heterocycles. The van der Waals surface area contributed by atoms with Gasteiger partial charge in [0.05, 0.1) is 12.2 Å². The van der Waals surface area contributed by atoms with Gasteiger partial charge in [-0.1, -0.05) is 19.8 Å². The molecule has 0 aromatic heterocycles. The predicted octanol–water partition coefficient (Wildman–Crippen LogP) is 0.785. The highest BCUT2D eigenvalue weighted by molar-refractivity contribution is 6.43. The summed E-state index contributed by atoms with van der Waals surface area (Å²) in [5.41, 5.74) is 0. The molecule has 19 heavy (non-hydrogen) atoms. The monoisotopic (exact) mass is 274 g/mol. The summed E-state index contributed by atoms with van der Waals surface area (Å²) in [7, 11) is 2.31. The molecule has 0 aromatic rings. The van der Waals surface area contributed by atoms with Gasteiger partial charge in [-0.05, 0) is 6.42 Å². The molecule has 2 saturated heterocycles. The summed E-state index contributed by atoms with van der Waals surface area (Å²) in [6.45, 7) is 2.12. The van der Waals surface area contributed by atoms with E-state index >= 15 is 0 Å². The van der Waals surface area contributed by atoms with E-state index in [1.807, 2.05) is 0 Å². The molecule has 7 heteroatoms. The highest BCUT2D eigenvalue weighted by Gasteiger charge is 2.50. The molecular formula is C12H23BO6. The quantitative estimate of drug-likeness (QED) is 0.570. The molecule has 2 fully saturated rings. The number of methoxy groups -OCH3 is 2. The molecule has 0 amide bonds. The van der Waals surface area contributed by atoms with Crippen LogP contribution < -0.4 is 0 Å². The third-order valence-corrected chi connectivity index (χ3v) is 3.63. The number of fused-ring (bicyclic) bond motifs is 1. The van der Waals surface area contributed by atoms with Gasteiger partial charge in [0, 0.05) is 20.5 Å². The molecule has 0 radical (unpaired) electrons. The highest BCUT2D eigenvalue weighted by Crippen LogP contribution is 2.34. The van der Waals surface area contributed by atoms with E-state index in [1.165, 1.54) is 0 Å². The Morgan fingerprint density at radius 3 is 2.68 bits per heavy atom. The molecule has 110 valence electrons. The van der Waals surface area contributed by atoms with Gasteiger partial charge in [0.1, 0.15) is 6.10 Å². The van der Waals surface area contributed by atoms with Gasteiger partial charge in [-0.25, -0.2) is 0 Å². The minimum absolute atomic E-state index is 0.131. The number of rotatable bonds is 6. The zero-order chi connectivity index (χ0) is 13.8. The molecule has 2 rings (SSSR count). The van der Waals surface area contributed by atoms with Gasteiger partial charge in [-0.3, -0.25) is 0 Å². The van der Waals surface area contributed by atoms with Crippen LogP contribution in [0, 0.1) is 0 Å². The zero-order valence-corrected chi connectivity index (χ0v) is 11.8. The van der Waals surface area contributed by atoms with Crippen molar-refractivity contribution in [2.45, 2.75) is 63.4 Å². The summed E-state index contributed by atoms with van der Waals surface area (Å²) in [6, 6.07) is 0. The maximum absolute atomic E-state index is 9.74. The van der Waals surface area contributed by atoms with Crippen LogP contribution in [-0.2, 0) is 23.6 Å². The van der Waals surface area contributed by atoms with Crippen molar-refractivity contribution in [3.63, 3.8) is 0 Å². The van der Waals surface area contributed by atoms with Crippen LogP contribution in [0.25, 0.3) is 0 Å². The van der Waals surface area contributed by atoms with Gasteiger partial charge in [-0.15, -0.1) is 0 Å². The van der Waals surface area contributed by atoms with Crippen LogP contribution in [0.4, 0.5) is 0 Å². The molecule has 1 unspecified atom stereocenters. The largest absolute Gasteiger partial charge is 0.457 e. The van der Waals surface area contributed by atoms with Gasteiger partial charge in [0.15, 0.2) is 0 Å². The zero-order valence-electron chi connectivity index (χ0n) is 11.8. The Kier molecular flexibility index (Phi) is 5.62. The maximum Gasteiger partial charge on any atom is 0.457 e. The van der Waals surface area contributed by atoms with Gasteiger partial charge >= 0.3 is 7.12 Å². The third kappa shape index (κ3) is 3.48. The van der Waals surface area contributed by atoms with E-state index in [4.69, 9.17) is 23.6 Å². The summed E-state index contributed by atoms with van der Waals surface area (Å²) in [5.74, 6) is 0. The Morgan fingerprint density at radius 1 is 1.32 bits per heavy atom. The summed E-state index contributed by atoms with van der Waals surface area (Å²) >= 11 is 0. The first kappa shape index (κ1) is 15.2. The van der Waals surface area contributed by atoms with Gasteiger partial charge in [0.2, 0.25) is 12.6 Å². The summed E-state index contributed by atoms with van der Waals surface area (Å²) < 4.78 is 27.5. The van der Waals surface area contributed by atoms with E-state index in [2.05, 4.69) is 6.92 Å². The van der Waals surface area contributed by atoms with Crippen molar-refractivity contribution in [2.24, 2.45) is 0 Å². The molecule has 0 aliphatic carbocycles. The van der Waals surface area contributed by atoms with E-state index in [0.29, 0.717) is 6.32 Å². The standard InChI is InChI=1S/C12H23BO6/c1-4-5-6-8-10-9(7-13(14)19-8)17-12(18-10)11(15-2)16-3/h8-12,14H,4-7H2,1-3H3/t8-,9-,10+,12?/m0/s1. The Hall–Kier alpha value is -0.175. The number of hydrogen-bond acceptors (Lipinski definition) is 6. The fraction of sp³-hybridized carbons (Fsp3) is 1.00. The highest BCUT2D eigenvalue weighted by atomic mass is 16.8. The third-order valence-electron chi connectivity index (χ3n) is 3.63. The van der Waals surface area contributed by atoms with Crippen molar-refractivity contribution in [1.29, 1.82) is 0 Å². The molecule has 0 saturated carbocycles. The maximum atomic E-state index is 9.74. The molecule has 0 aromatic carbocycles. The molecule has 1 N–H and O–H groups in total. The minimum atomic E-state index is -0.783. The normalized spacial score (nSPS) is 34.9. The molecule has 2 aliphatic rings. The summed E-state index contributed by atoms with van der Waals surface area (Å²) in [4.78, 5) is 0. The lowest BCUT2D eigenvalue weighted by atomic mass is 9.75. The van der Waals surface area contributed by atoms with Crippen molar-refractivity contribution in [1.82, 2.24) is 0 Å². The van der Waals surface area contributed by atoms with E-state index in [-0.39, 0.29) is 18.3 Å². The molecule has 6 nitrogen and oxygen atoms in total. The Labute approximate surface area is 114 Å². The molecule has 0 bridgehead atoms. The van der Waals surface area contributed by atoms with E-state index < -0.39 is 19.7 Å². The SMILES string of the molecule is CCCC[C@@H]1OB(O)C[C@@H]2OC(C(OC)OC)O[C@H]12. The molecule has 4 atom stereocenters. The van der Waals surface area contributed by atoms with Crippen molar-refractivity contribution in [3.8, 4) is 0 Å². The number of hydrogen-bond donors (Lipinski definition) is 1. The summed E-state index contributed by atoms with van der Waals surface area (Å²) in [6.07, 6.45) is 1.81. The van der Waals surface area contributed by atoms with E-state index in [0.717, 1.165) is 19.3 Å². The van der Waals surface area contributed by atoms with Crippen molar-refractivity contribution in [2.75, 3.05) is 14.2 Å². The van der Waals surface area contributed by atoms with Crippen LogP contribution in [0.3, 0.4) is 0 Å². The number of ether oxygens (including phenoxy) is 4. The Balaban J connectivity index is 1.98. The Morgan fingerprint density at radius 2 is 2.05 bits per heavy atom. The molecular weight excluding hydrogens is 251 g/mol. The first-order valence-electron chi connectivity index (χ1n) is 6.89. The van der Waals surface area contributed by atoms with Crippen molar-refractivity contribution >= 4 is 7.12 Å². The van der Waals surface area contributed by atoms with Crippen LogP contribution >= 0.6 is 0 Å². The lowest BCUT2D eigenvalue weighted by Crippen LogP contribution is -2.48. The predicted molar refractivity (Wildman–Crippen MR) is 68.5 cm³/mol. The van der Waals surface area contributed by atoms with Crippen molar-refractivity contribution in [3.05, 3.63) is 0 Å². The Bertz CT molecular complexity index is 275. The lowest BCUT2D eigenvalue weighted by molar-refractivity contribution is -0.240. The van der Waals surface area contributed by atoms with Crippen LogP contribution in [0.2, 0.25) is 6.32 Å². The average Bonchev–Trinajstić information content (AvgIpc) is 2.81. The van der Waals surface area contributed by atoms with Gasteiger partial charge < -0.3 is 28.6 Å². The fourth-order valence-electron chi connectivity index (χ4n) is 2.66. The smallest absolute Gasteiger partial charge is 0.427 e. The second-order valence-corrected chi connectivity index (χ2v) is 4.99. The summed E-state index contributed by atoms with van der Waals surface area (Å²) in [5, 5.41) is 9.74. The van der Waals surface area contributed by atoms with Crippen LogP contribution in [0.5, 0.6) is 0 Å². The molecule has 0 spiro atoms. The van der Waals surface area contributed by atoms with Crippen LogP contribution in [-0.4, -0.2) is 57.3 Å². The van der Waals surface area contributed by atoms with Gasteiger partial charge in [-0.2, -0.15) is 0 Å². The minimum Gasteiger partial charge on any atom is -0.427 e. The van der Waals surface area contributed by atoms with Gasteiger partial charge in [0.25, 0.3) is 0 Å². The van der Waals surface area contributed by atoms with Crippen LogP contribution in [0.15, 0.2) is 0 Å². The second kappa shape index (κ2) is 7.01. The first-order valence-corrected chi connectivity index (χ1v) is 6.89. The number of unbranched alkanes of at least 4 members (excludes halogenated alkanes) is 1. The van der Waals surface area contributed by atoms with E-state index in [1.54, 1.807) is 14.2 Å². The topological polar surface area (TPSA) is 66.4 Å². The first-order chi connectivity index (χ1) is 9.19. The van der Waals surface area contributed by atoms with E-state index in [9.17, 15) is 5.02 Å². The second-order valence-electron chi connectivity index (χ2n) is 4.99. The fourth-order valence-corrected chi connectivity index (χ4v) is 2.66. The molecule has 2 aliphatic heterocycles. The van der Waals surface area contributed by atoms with Crippen molar-refractivity contribution < 1.29 is 28.6 Å². The average molecular weight is 274 g/mol. The van der Waals surface area contributed by atoms with Crippen LogP contribution in [0.1, 0.15) is 26.2 Å². The lowest BCUT2D eigenvalue weighted by Gasteiger charge is -2.33.